The molecule has 2 unspecified atom stereocenters. The highest BCUT2D eigenvalue weighted by atomic mass is 15.2. The third kappa shape index (κ3) is 2.13. The van der Waals surface area contributed by atoms with Gasteiger partial charge in [0.1, 0.15) is 0 Å². The molecule has 2 atom stereocenters. The zero-order valence-electron chi connectivity index (χ0n) is 11.0. The maximum atomic E-state index is 4.56. The lowest BCUT2D eigenvalue weighted by molar-refractivity contribution is 0.305. The molecule has 0 spiro atoms. The number of fused-ring (bicyclic) bond motifs is 2. The highest BCUT2D eigenvalue weighted by Gasteiger charge is 2.35. The molecule has 1 aromatic carbocycles. The van der Waals surface area contributed by atoms with Crippen LogP contribution in [0.4, 0.5) is 0 Å². The summed E-state index contributed by atoms with van der Waals surface area (Å²) in [6, 6.07) is 10.6. The lowest BCUT2D eigenvalue weighted by Gasteiger charge is -2.17. The molecular formula is C16H19N3. The second-order valence-corrected chi connectivity index (χ2v) is 5.91. The summed E-state index contributed by atoms with van der Waals surface area (Å²) in [4.78, 5) is 7.14. The number of hydrogen-bond acceptors (Lipinski definition) is 3. The Balaban J connectivity index is 1.52. The molecular weight excluding hydrogens is 234 g/mol. The minimum Gasteiger partial charge on any atom is -0.316 e. The van der Waals surface area contributed by atoms with Gasteiger partial charge in [0.25, 0.3) is 0 Å². The summed E-state index contributed by atoms with van der Waals surface area (Å²) in [7, 11) is 0. The second kappa shape index (κ2) is 4.58. The fourth-order valence-corrected chi connectivity index (χ4v) is 3.54. The number of rotatable bonds is 2. The van der Waals surface area contributed by atoms with Crippen LogP contribution in [0.15, 0.2) is 36.5 Å². The Labute approximate surface area is 113 Å². The van der Waals surface area contributed by atoms with Gasteiger partial charge < -0.3 is 5.32 Å². The maximum Gasteiger partial charge on any atom is 0.0702 e. The Kier molecular flexibility index (Phi) is 2.75. The predicted octanol–water partition coefficient (Wildman–Crippen LogP) is 1.89. The van der Waals surface area contributed by atoms with E-state index in [0.717, 1.165) is 23.9 Å². The number of pyridine rings is 1. The quantitative estimate of drug-likeness (QED) is 0.886. The van der Waals surface area contributed by atoms with Gasteiger partial charge in [0.15, 0.2) is 0 Å². The van der Waals surface area contributed by atoms with Crippen LogP contribution in [0.3, 0.4) is 0 Å². The summed E-state index contributed by atoms with van der Waals surface area (Å²) < 4.78 is 0. The zero-order valence-corrected chi connectivity index (χ0v) is 11.0. The molecule has 0 amide bonds. The van der Waals surface area contributed by atoms with Crippen molar-refractivity contribution in [1.29, 1.82) is 0 Å². The Morgan fingerprint density at radius 2 is 1.95 bits per heavy atom. The van der Waals surface area contributed by atoms with Gasteiger partial charge in [-0.3, -0.25) is 9.88 Å². The molecule has 3 heteroatoms. The smallest absolute Gasteiger partial charge is 0.0702 e. The number of nitrogens with zero attached hydrogens (tertiary/aromatic N) is 2. The van der Waals surface area contributed by atoms with Crippen LogP contribution in [0.1, 0.15) is 5.56 Å². The molecule has 4 rings (SSSR count). The second-order valence-electron chi connectivity index (χ2n) is 5.91. The Morgan fingerprint density at radius 3 is 2.79 bits per heavy atom. The van der Waals surface area contributed by atoms with Crippen molar-refractivity contribution in [2.75, 3.05) is 26.2 Å². The molecule has 0 aliphatic carbocycles. The van der Waals surface area contributed by atoms with Crippen LogP contribution in [0.2, 0.25) is 0 Å². The van der Waals surface area contributed by atoms with Crippen molar-refractivity contribution in [3.8, 4) is 0 Å². The van der Waals surface area contributed by atoms with Gasteiger partial charge in [-0.15, -0.1) is 0 Å². The van der Waals surface area contributed by atoms with Crippen molar-refractivity contribution in [3.05, 3.63) is 42.1 Å². The number of nitrogens with one attached hydrogen (secondary N) is 1. The summed E-state index contributed by atoms with van der Waals surface area (Å²) in [5, 5.41) is 4.74. The molecule has 0 radical (unpaired) electrons. The van der Waals surface area contributed by atoms with Crippen LogP contribution < -0.4 is 5.32 Å². The molecule has 0 saturated carbocycles. The molecule has 1 N–H and O–H groups in total. The molecule has 19 heavy (non-hydrogen) atoms. The van der Waals surface area contributed by atoms with Crippen molar-refractivity contribution in [1.82, 2.24) is 15.2 Å². The average Bonchev–Trinajstić information content (AvgIpc) is 2.99. The first-order chi connectivity index (χ1) is 9.38. The highest BCUT2D eigenvalue weighted by molar-refractivity contribution is 5.78. The number of likely N-dealkylation sites (tertiary alicyclic amines) is 1. The van der Waals surface area contributed by atoms with E-state index in [0.29, 0.717) is 0 Å². The first-order valence-corrected chi connectivity index (χ1v) is 7.15. The molecule has 98 valence electrons. The normalized spacial score (nSPS) is 26.9. The molecule has 3 nitrogen and oxygen atoms in total. The standard InChI is InChI=1S/C16H19N3/c1-2-4-16-13(3-1)5-12(6-18-16)9-19-10-14-7-17-8-15(14)11-19/h1-6,14-15,17H,7-11H2. The van der Waals surface area contributed by atoms with Crippen LogP contribution in [-0.4, -0.2) is 36.1 Å². The highest BCUT2D eigenvalue weighted by Crippen LogP contribution is 2.27. The van der Waals surface area contributed by atoms with E-state index >= 15 is 0 Å². The average molecular weight is 253 g/mol. The lowest BCUT2D eigenvalue weighted by atomic mass is 10.0. The summed E-state index contributed by atoms with van der Waals surface area (Å²) in [6.45, 7) is 5.94. The van der Waals surface area contributed by atoms with Gasteiger partial charge in [-0.2, -0.15) is 0 Å². The number of para-hydroxylation sites is 1. The van der Waals surface area contributed by atoms with Gasteiger partial charge in [0.2, 0.25) is 0 Å². The largest absolute Gasteiger partial charge is 0.316 e. The minimum absolute atomic E-state index is 0.869. The van der Waals surface area contributed by atoms with Crippen molar-refractivity contribution in [3.63, 3.8) is 0 Å². The van der Waals surface area contributed by atoms with Crippen LogP contribution >= 0.6 is 0 Å². The number of hydrogen-bond donors (Lipinski definition) is 1. The summed E-state index contributed by atoms with van der Waals surface area (Å²) in [6.07, 6.45) is 2.04. The monoisotopic (exact) mass is 253 g/mol. The fraction of sp³-hybridized carbons (Fsp3) is 0.438. The van der Waals surface area contributed by atoms with E-state index in [1.165, 1.54) is 37.1 Å². The fourth-order valence-electron chi connectivity index (χ4n) is 3.54. The maximum absolute atomic E-state index is 4.56. The Hall–Kier alpha value is -1.45. The van der Waals surface area contributed by atoms with E-state index in [2.05, 4.69) is 39.5 Å². The molecule has 2 saturated heterocycles. The molecule has 2 aliphatic heterocycles. The van der Waals surface area contributed by atoms with Gasteiger partial charge in [0.05, 0.1) is 5.52 Å². The van der Waals surface area contributed by atoms with E-state index in [4.69, 9.17) is 0 Å². The SMILES string of the molecule is c1ccc2ncc(CN3CC4CNCC4C3)cc2c1. The first kappa shape index (κ1) is 11.4. The summed E-state index contributed by atoms with van der Waals surface area (Å²) in [5.74, 6) is 1.74. The molecule has 2 aromatic rings. The number of benzene rings is 1. The van der Waals surface area contributed by atoms with Gasteiger partial charge in [-0.1, -0.05) is 18.2 Å². The van der Waals surface area contributed by atoms with Crippen LogP contribution in [0, 0.1) is 11.8 Å². The molecule has 3 heterocycles. The van der Waals surface area contributed by atoms with E-state index in [1.54, 1.807) is 0 Å². The van der Waals surface area contributed by atoms with E-state index in [-0.39, 0.29) is 0 Å². The van der Waals surface area contributed by atoms with Crippen molar-refractivity contribution >= 4 is 10.9 Å². The topological polar surface area (TPSA) is 28.2 Å². The van der Waals surface area contributed by atoms with E-state index in [1.807, 2.05) is 12.3 Å². The van der Waals surface area contributed by atoms with Crippen LogP contribution in [-0.2, 0) is 6.54 Å². The van der Waals surface area contributed by atoms with Crippen molar-refractivity contribution in [2.45, 2.75) is 6.54 Å². The van der Waals surface area contributed by atoms with Crippen molar-refractivity contribution in [2.24, 2.45) is 11.8 Å². The molecule has 1 aromatic heterocycles. The predicted molar refractivity (Wildman–Crippen MR) is 76.9 cm³/mol. The summed E-state index contributed by atoms with van der Waals surface area (Å²) >= 11 is 0. The number of aromatic nitrogens is 1. The van der Waals surface area contributed by atoms with Gasteiger partial charge in [-0.05, 0) is 42.6 Å². The molecule has 0 bridgehead atoms. The Bertz CT molecular complexity index is 583. The third-order valence-electron chi connectivity index (χ3n) is 4.52. The lowest BCUT2D eigenvalue weighted by Crippen LogP contribution is -2.25. The molecule has 2 fully saturated rings. The van der Waals surface area contributed by atoms with E-state index in [9.17, 15) is 0 Å². The summed E-state index contributed by atoms with van der Waals surface area (Å²) in [5.41, 5.74) is 2.43. The molecule has 2 aliphatic rings. The minimum atomic E-state index is 0.869. The van der Waals surface area contributed by atoms with Gasteiger partial charge in [0, 0.05) is 31.2 Å². The van der Waals surface area contributed by atoms with Crippen molar-refractivity contribution < 1.29 is 0 Å². The van der Waals surface area contributed by atoms with Crippen LogP contribution in [0.25, 0.3) is 10.9 Å². The first-order valence-electron chi connectivity index (χ1n) is 7.15. The van der Waals surface area contributed by atoms with Gasteiger partial charge >= 0.3 is 0 Å². The van der Waals surface area contributed by atoms with Crippen LogP contribution in [0.5, 0.6) is 0 Å². The third-order valence-corrected chi connectivity index (χ3v) is 4.52. The van der Waals surface area contributed by atoms with E-state index < -0.39 is 0 Å². The van der Waals surface area contributed by atoms with Gasteiger partial charge in [-0.25, -0.2) is 0 Å². The Morgan fingerprint density at radius 1 is 1.16 bits per heavy atom. The zero-order chi connectivity index (χ0) is 12.7.